The summed E-state index contributed by atoms with van der Waals surface area (Å²) >= 11 is 0. The van der Waals surface area contributed by atoms with Crippen LogP contribution >= 0.6 is 0 Å². The van der Waals surface area contributed by atoms with E-state index in [1.54, 1.807) is 0 Å². The van der Waals surface area contributed by atoms with E-state index in [1.807, 2.05) is 0 Å². The van der Waals surface area contributed by atoms with Gasteiger partial charge in [-0.15, -0.1) is 0 Å². The Hall–Kier alpha value is -0.0400. The standard InChI is InChI=1S/C11H23N/c1-11(2,3)7-6-9-4-5-10(9)8-12/h9-10H,4-8,12H2,1-3H3. The van der Waals surface area contributed by atoms with Crippen LogP contribution in [-0.4, -0.2) is 6.54 Å². The van der Waals surface area contributed by atoms with Crippen LogP contribution in [0, 0.1) is 17.3 Å². The zero-order valence-corrected chi connectivity index (χ0v) is 8.77. The smallest absolute Gasteiger partial charge is 0.00462 e. The van der Waals surface area contributed by atoms with Crippen LogP contribution < -0.4 is 5.73 Å². The molecule has 1 nitrogen and oxygen atoms in total. The highest BCUT2D eigenvalue weighted by Crippen LogP contribution is 2.39. The van der Waals surface area contributed by atoms with Crippen LogP contribution in [0.1, 0.15) is 46.5 Å². The van der Waals surface area contributed by atoms with Crippen molar-refractivity contribution in [2.75, 3.05) is 6.54 Å². The lowest BCUT2D eigenvalue weighted by molar-refractivity contribution is 0.150. The zero-order chi connectivity index (χ0) is 9.19. The fraction of sp³-hybridized carbons (Fsp3) is 1.00. The van der Waals surface area contributed by atoms with Crippen LogP contribution in [0.2, 0.25) is 0 Å². The second-order valence-electron chi connectivity index (χ2n) is 5.43. The van der Waals surface area contributed by atoms with E-state index in [9.17, 15) is 0 Å². The fourth-order valence-corrected chi connectivity index (χ4v) is 1.95. The molecule has 1 saturated carbocycles. The van der Waals surface area contributed by atoms with Crippen molar-refractivity contribution < 1.29 is 0 Å². The summed E-state index contributed by atoms with van der Waals surface area (Å²) in [5, 5.41) is 0. The third-order valence-electron chi connectivity index (χ3n) is 3.14. The first-order valence-corrected chi connectivity index (χ1v) is 5.23. The molecule has 0 aromatic heterocycles. The Morgan fingerprint density at radius 3 is 2.08 bits per heavy atom. The largest absolute Gasteiger partial charge is 0.330 e. The molecule has 2 unspecified atom stereocenters. The van der Waals surface area contributed by atoms with Gasteiger partial charge in [0.2, 0.25) is 0 Å². The van der Waals surface area contributed by atoms with Crippen LogP contribution in [0.3, 0.4) is 0 Å². The number of hydrogen-bond donors (Lipinski definition) is 1. The van der Waals surface area contributed by atoms with Crippen molar-refractivity contribution in [1.82, 2.24) is 0 Å². The summed E-state index contributed by atoms with van der Waals surface area (Å²) < 4.78 is 0. The summed E-state index contributed by atoms with van der Waals surface area (Å²) in [6, 6.07) is 0. The van der Waals surface area contributed by atoms with Gasteiger partial charge in [-0.2, -0.15) is 0 Å². The second kappa shape index (κ2) is 3.78. The Morgan fingerprint density at radius 2 is 1.75 bits per heavy atom. The molecule has 0 aromatic carbocycles. The van der Waals surface area contributed by atoms with Gasteiger partial charge in [-0.05, 0) is 49.5 Å². The Kier molecular flexibility index (Phi) is 3.16. The van der Waals surface area contributed by atoms with E-state index in [2.05, 4.69) is 20.8 Å². The highest BCUT2D eigenvalue weighted by Gasteiger charge is 2.29. The van der Waals surface area contributed by atoms with Crippen molar-refractivity contribution in [3.8, 4) is 0 Å². The van der Waals surface area contributed by atoms with Crippen molar-refractivity contribution >= 4 is 0 Å². The van der Waals surface area contributed by atoms with E-state index < -0.39 is 0 Å². The molecular formula is C11H23N. The van der Waals surface area contributed by atoms with Crippen molar-refractivity contribution in [2.24, 2.45) is 23.0 Å². The van der Waals surface area contributed by atoms with Gasteiger partial charge >= 0.3 is 0 Å². The lowest BCUT2D eigenvalue weighted by atomic mass is 9.69. The Labute approximate surface area is 76.7 Å². The summed E-state index contributed by atoms with van der Waals surface area (Å²) in [6.07, 6.45) is 5.56. The second-order valence-corrected chi connectivity index (χ2v) is 5.43. The molecule has 72 valence electrons. The maximum atomic E-state index is 5.66. The summed E-state index contributed by atoms with van der Waals surface area (Å²) in [5.41, 5.74) is 6.17. The molecule has 2 N–H and O–H groups in total. The molecule has 12 heavy (non-hydrogen) atoms. The topological polar surface area (TPSA) is 26.0 Å². The molecule has 0 spiro atoms. The van der Waals surface area contributed by atoms with Gasteiger partial charge in [0, 0.05) is 0 Å². The monoisotopic (exact) mass is 169 g/mol. The molecule has 1 heteroatoms. The fourth-order valence-electron chi connectivity index (χ4n) is 1.95. The molecule has 1 rings (SSSR count). The molecule has 0 radical (unpaired) electrons. The number of nitrogens with two attached hydrogens (primary N) is 1. The lowest BCUT2D eigenvalue weighted by Crippen LogP contribution is -2.32. The van der Waals surface area contributed by atoms with Crippen LogP contribution in [0.15, 0.2) is 0 Å². The minimum Gasteiger partial charge on any atom is -0.330 e. The average molecular weight is 169 g/mol. The molecular weight excluding hydrogens is 146 g/mol. The van der Waals surface area contributed by atoms with E-state index in [0.29, 0.717) is 5.41 Å². The minimum absolute atomic E-state index is 0.509. The third-order valence-corrected chi connectivity index (χ3v) is 3.14. The Balaban J connectivity index is 2.16. The third kappa shape index (κ3) is 2.78. The normalized spacial score (nSPS) is 30.0. The van der Waals surface area contributed by atoms with Crippen molar-refractivity contribution in [1.29, 1.82) is 0 Å². The molecule has 1 aliphatic carbocycles. The Morgan fingerprint density at radius 1 is 1.17 bits per heavy atom. The van der Waals surface area contributed by atoms with Gasteiger partial charge in [0.05, 0.1) is 0 Å². The Bertz CT molecular complexity index is 132. The molecule has 0 heterocycles. The van der Waals surface area contributed by atoms with Gasteiger partial charge in [-0.25, -0.2) is 0 Å². The van der Waals surface area contributed by atoms with Gasteiger partial charge in [-0.3, -0.25) is 0 Å². The van der Waals surface area contributed by atoms with E-state index in [1.165, 1.54) is 25.7 Å². The van der Waals surface area contributed by atoms with Crippen LogP contribution in [0.5, 0.6) is 0 Å². The minimum atomic E-state index is 0.509. The molecule has 0 aromatic rings. The first-order chi connectivity index (χ1) is 5.53. The number of rotatable bonds is 3. The molecule has 0 amide bonds. The summed E-state index contributed by atoms with van der Waals surface area (Å²) in [4.78, 5) is 0. The van der Waals surface area contributed by atoms with Crippen LogP contribution in [0.25, 0.3) is 0 Å². The first kappa shape index (κ1) is 10.0. The van der Waals surface area contributed by atoms with E-state index >= 15 is 0 Å². The van der Waals surface area contributed by atoms with Gasteiger partial charge < -0.3 is 5.73 Å². The van der Waals surface area contributed by atoms with Gasteiger partial charge in [0.15, 0.2) is 0 Å². The molecule has 1 fully saturated rings. The molecule has 0 aliphatic heterocycles. The lowest BCUT2D eigenvalue weighted by Gasteiger charge is -2.37. The van der Waals surface area contributed by atoms with Gasteiger partial charge in [-0.1, -0.05) is 20.8 Å². The summed E-state index contributed by atoms with van der Waals surface area (Å²) in [7, 11) is 0. The summed E-state index contributed by atoms with van der Waals surface area (Å²) in [5.74, 6) is 1.81. The average Bonchev–Trinajstić information content (AvgIpc) is 1.83. The van der Waals surface area contributed by atoms with E-state index in [-0.39, 0.29) is 0 Å². The van der Waals surface area contributed by atoms with Gasteiger partial charge in [0.25, 0.3) is 0 Å². The van der Waals surface area contributed by atoms with E-state index in [4.69, 9.17) is 5.73 Å². The van der Waals surface area contributed by atoms with E-state index in [0.717, 1.165) is 18.4 Å². The molecule has 0 bridgehead atoms. The highest BCUT2D eigenvalue weighted by molar-refractivity contribution is 4.82. The van der Waals surface area contributed by atoms with Crippen LogP contribution in [-0.2, 0) is 0 Å². The van der Waals surface area contributed by atoms with Crippen LogP contribution in [0.4, 0.5) is 0 Å². The molecule has 0 saturated heterocycles. The molecule has 1 aliphatic rings. The van der Waals surface area contributed by atoms with Crippen molar-refractivity contribution in [2.45, 2.75) is 46.5 Å². The molecule has 2 atom stereocenters. The predicted molar refractivity (Wildman–Crippen MR) is 54.0 cm³/mol. The first-order valence-electron chi connectivity index (χ1n) is 5.23. The maximum Gasteiger partial charge on any atom is -0.00462 e. The SMILES string of the molecule is CC(C)(C)CCC1CCC1CN. The quantitative estimate of drug-likeness (QED) is 0.690. The highest BCUT2D eigenvalue weighted by atomic mass is 14.6. The summed E-state index contributed by atoms with van der Waals surface area (Å²) in [6.45, 7) is 7.88. The maximum absolute atomic E-state index is 5.66. The van der Waals surface area contributed by atoms with Crippen molar-refractivity contribution in [3.63, 3.8) is 0 Å². The number of hydrogen-bond acceptors (Lipinski definition) is 1. The van der Waals surface area contributed by atoms with Gasteiger partial charge in [0.1, 0.15) is 0 Å². The zero-order valence-electron chi connectivity index (χ0n) is 8.77. The predicted octanol–water partition coefficient (Wildman–Crippen LogP) is 2.80. The van der Waals surface area contributed by atoms with Crippen molar-refractivity contribution in [3.05, 3.63) is 0 Å².